The van der Waals surface area contributed by atoms with E-state index in [4.69, 9.17) is 11.6 Å². The van der Waals surface area contributed by atoms with Gasteiger partial charge in [-0.2, -0.15) is 0 Å². The van der Waals surface area contributed by atoms with Crippen LogP contribution in [0.4, 0.5) is 16.5 Å². The second-order valence-electron chi connectivity index (χ2n) is 4.55. The third-order valence-electron chi connectivity index (χ3n) is 2.83. The standard InChI is InChI=1S/C13H9ClN6O2S2/c1-7-2-3-8(4-10(7)14)17-12-18-19-13(24-12)23-11-15-5-9(6-16-11)20(21)22/h2-6H,1H3,(H,17,18). The number of nitro groups is 1. The van der Waals surface area contributed by atoms with E-state index in [1.54, 1.807) is 0 Å². The normalized spacial score (nSPS) is 10.6. The highest BCUT2D eigenvalue weighted by Crippen LogP contribution is 2.32. The molecule has 2 heterocycles. The molecule has 11 heteroatoms. The monoisotopic (exact) mass is 380 g/mol. The van der Waals surface area contributed by atoms with Crippen LogP contribution in [0.3, 0.4) is 0 Å². The first-order valence-corrected chi connectivity index (χ1v) is 8.53. The molecule has 3 rings (SSSR count). The van der Waals surface area contributed by atoms with Crippen LogP contribution in [0, 0.1) is 17.0 Å². The van der Waals surface area contributed by atoms with Gasteiger partial charge in [-0.05, 0) is 36.4 Å². The van der Waals surface area contributed by atoms with Crippen molar-refractivity contribution in [3.05, 3.63) is 51.3 Å². The molecule has 0 aliphatic carbocycles. The predicted octanol–water partition coefficient (Wildman–Crippen LogP) is 4.09. The van der Waals surface area contributed by atoms with Gasteiger partial charge >= 0.3 is 5.69 Å². The van der Waals surface area contributed by atoms with Crippen LogP contribution in [-0.4, -0.2) is 25.1 Å². The fourth-order valence-electron chi connectivity index (χ4n) is 1.63. The molecular formula is C13H9ClN6O2S2. The summed E-state index contributed by atoms with van der Waals surface area (Å²) in [7, 11) is 0. The molecule has 3 aromatic rings. The minimum atomic E-state index is -0.547. The van der Waals surface area contributed by atoms with E-state index in [1.165, 1.54) is 23.1 Å². The van der Waals surface area contributed by atoms with Crippen molar-refractivity contribution in [1.82, 2.24) is 20.2 Å². The van der Waals surface area contributed by atoms with Gasteiger partial charge in [0.05, 0.1) is 4.92 Å². The molecule has 122 valence electrons. The summed E-state index contributed by atoms with van der Waals surface area (Å²) in [6, 6.07) is 5.62. The van der Waals surface area contributed by atoms with Gasteiger partial charge in [-0.3, -0.25) is 10.1 Å². The van der Waals surface area contributed by atoms with Crippen LogP contribution in [0.1, 0.15) is 5.56 Å². The number of hydrogen-bond donors (Lipinski definition) is 1. The molecule has 2 aromatic heterocycles. The lowest BCUT2D eigenvalue weighted by Gasteiger charge is -2.03. The molecule has 0 spiro atoms. The molecule has 0 aliphatic heterocycles. The van der Waals surface area contributed by atoms with Crippen molar-refractivity contribution in [2.75, 3.05) is 5.32 Å². The lowest BCUT2D eigenvalue weighted by molar-refractivity contribution is -0.385. The summed E-state index contributed by atoms with van der Waals surface area (Å²) in [4.78, 5) is 17.9. The van der Waals surface area contributed by atoms with Crippen molar-refractivity contribution in [3.63, 3.8) is 0 Å². The lowest BCUT2D eigenvalue weighted by atomic mass is 10.2. The molecule has 0 atom stereocenters. The quantitative estimate of drug-likeness (QED) is 0.400. The highest BCUT2D eigenvalue weighted by atomic mass is 35.5. The van der Waals surface area contributed by atoms with Crippen LogP contribution in [0.5, 0.6) is 0 Å². The third kappa shape index (κ3) is 3.96. The molecular weight excluding hydrogens is 372 g/mol. The van der Waals surface area contributed by atoms with E-state index in [0.29, 0.717) is 19.7 Å². The lowest BCUT2D eigenvalue weighted by Crippen LogP contribution is -1.92. The second-order valence-corrected chi connectivity index (χ2v) is 7.14. The summed E-state index contributed by atoms with van der Waals surface area (Å²) in [6.45, 7) is 1.93. The van der Waals surface area contributed by atoms with E-state index in [9.17, 15) is 10.1 Å². The minimum absolute atomic E-state index is 0.157. The number of aryl methyl sites for hydroxylation is 1. The van der Waals surface area contributed by atoms with Crippen molar-refractivity contribution in [2.24, 2.45) is 0 Å². The first-order valence-electron chi connectivity index (χ1n) is 6.52. The zero-order valence-corrected chi connectivity index (χ0v) is 14.5. The zero-order chi connectivity index (χ0) is 17.1. The summed E-state index contributed by atoms with van der Waals surface area (Å²) in [5.41, 5.74) is 1.64. The molecule has 1 aromatic carbocycles. The molecule has 8 nitrogen and oxygen atoms in total. The fourth-order valence-corrected chi connectivity index (χ4v) is 3.38. The molecule has 0 amide bonds. The van der Waals surface area contributed by atoms with Gasteiger partial charge in [0.15, 0.2) is 9.50 Å². The Bertz CT molecular complexity index is 886. The van der Waals surface area contributed by atoms with Gasteiger partial charge in [-0.25, -0.2) is 9.97 Å². The second kappa shape index (κ2) is 7.07. The Balaban J connectivity index is 1.68. The van der Waals surface area contributed by atoms with E-state index in [1.807, 2.05) is 25.1 Å². The van der Waals surface area contributed by atoms with Gasteiger partial charge in [0, 0.05) is 10.7 Å². The van der Waals surface area contributed by atoms with Crippen molar-refractivity contribution in [3.8, 4) is 0 Å². The highest BCUT2D eigenvalue weighted by Gasteiger charge is 2.11. The molecule has 0 unspecified atom stereocenters. The Kier molecular flexibility index (Phi) is 4.88. The molecule has 0 bridgehead atoms. The van der Waals surface area contributed by atoms with Gasteiger partial charge in [0.2, 0.25) is 5.13 Å². The van der Waals surface area contributed by atoms with E-state index in [-0.39, 0.29) is 5.69 Å². The van der Waals surface area contributed by atoms with Crippen LogP contribution >= 0.6 is 34.7 Å². The summed E-state index contributed by atoms with van der Waals surface area (Å²) < 4.78 is 0.615. The fraction of sp³-hybridized carbons (Fsp3) is 0.0769. The van der Waals surface area contributed by atoms with Crippen molar-refractivity contribution in [1.29, 1.82) is 0 Å². The molecule has 0 saturated carbocycles. The SMILES string of the molecule is Cc1ccc(Nc2nnc(Sc3ncc([N+](=O)[O-])cn3)s2)cc1Cl. The number of hydrogen-bond acceptors (Lipinski definition) is 9. The van der Waals surface area contributed by atoms with E-state index >= 15 is 0 Å². The van der Waals surface area contributed by atoms with Crippen LogP contribution in [0.25, 0.3) is 0 Å². The van der Waals surface area contributed by atoms with Crippen molar-refractivity contribution in [2.45, 2.75) is 16.4 Å². The molecule has 0 saturated heterocycles. The molecule has 0 fully saturated rings. The molecule has 1 N–H and O–H groups in total. The summed E-state index contributed by atoms with van der Waals surface area (Å²) >= 11 is 8.58. The number of nitrogens with one attached hydrogen (secondary N) is 1. The van der Waals surface area contributed by atoms with Crippen molar-refractivity contribution >= 4 is 51.2 Å². The number of benzene rings is 1. The largest absolute Gasteiger partial charge is 0.330 e. The Morgan fingerprint density at radius 3 is 2.71 bits per heavy atom. The van der Waals surface area contributed by atoms with Crippen LogP contribution in [0.15, 0.2) is 40.1 Å². The first-order chi connectivity index (χ1) is 11.5. The Morgan fingerprint density at radius 2 is 2.04 bits per heavy atom. The Hall–Kier alpha value is -2.30. The topological polar surface area (TPSA) is 107 Å². The average molecular weight is 381 g/mol. The van der Waals surface area contributed by atoms with Crippen LogP contribution in [0.2, 0.25) is 5.02 Å². The number of nitrogens with zero attached hydrogens (tertiary/aromatic N) is 5. The first kappa shape index (κ1) is 16.6. The third-order valence-corrected chi connectivity index (χ3v) is 5.02. The average Bonchev–Trinajstić information content (AvgIpc) is 2.98. The van der Waals surface area contributed by atoms with E-state index in [2.05, 4.69) is 25.5 Å². The van der Waals surface area contributed by atoms with Gasteiger partial charge in [0.1, 0.15) is 12.4 Å². The molecule has 24 heavy (non-hydrogen) atoms. The molecule has 0 aliphatic rings. The minimum Gasteiger partial charge on any atom is -0.330 e. The highest BCUT2D eigenvalue weighted by molar-refractivity contribution is 8.00. The summed E-state index contributed by atoms with van der Waals surface area (Å²) in [5.74, 6) is 0. The number of aromatic nitrogens is 4. The molecule has 0 radical (unpaired) electrons. The van der Waals surface area contributed by atoms with Crippen molar-refractivity contribution < 1.29 is 4.92 Å². The van der Waals surface area contributed by atoms with Crippen LogP contribution < -0.4 is 5.32 Å². The smallest absolute Gasteiger partial charge is 0.305 e. The number of anilines is 2. The predicted molar refractivity (Wildman–Crippen MR) is 92.2 cm³/mol. The summed E-state index contributed by atoms with van der Waals surface area (Å²) in [5, 5.41) is 23.4. The number of rotatable bonds is 5. The van der Waals surface area contributed by atoms with E-state index < -0.39 is 4.92 Å². The summed E-state index contributed by atoms with van der Waals surface area (Å²) in [6.07, 6.45) is 2.31. The maximum absolute atomic E-state index is 10.6. The maximum atomic E-state index is 10.6. The van der Waals surface area contributed by atoms with E-state index in [0.717, 1.165) is 23.6 Å². The van der Waals surface area contributed by atoms with Gasteiger partial charge in [-0.1, -0.05) is 29.0 Å². The van der Waals surface area contributed by atoms with Gasteiger partial charge in [0.25, 0.3) is 0 Å². The maximum Gasteiger partial charge on any atom is 0.305 e. The Labute approximate surface area is 149 Å². The van der Waals surface area contributed by atoms with Gasteiger partial charge in [-0.15, -0.1) is 10.2 Å². The number of halogens is 1. The zero-order valence-electron chi connectivity index (χ0n) is 12.1. The van der Waals surface area contributed by atoms with Gasteiger partial charge < -0.3 is 5.32 Å². The Morgan fingerprint density at radius 1 is 1.29 bits per heavy atom. The van der Waals surface area contributed by atoms with Crippen LogP contribution in [-0.2, 0) is 0 Å².